The second kappa shape index (κ2) is 8.29. The maximum Gasteiger partial charge on any atom is 0.328 e. The summed E-state index contributed by atoms with van der Waals surface area (Å²) in [4.78, 5) is 23.5. The molecule has 6 nitrogen and oxygen atoms in total. The van der Waals surface area contributed by atoms with E-state index in [2.05, 4.69) is 5.32 Å². The van der Waals surface area contributed by atoms with Gasteiger partial charge in [0.15, 0.2) is 0 Å². The van der Waals surface area contributed by atoms with Gasteiger partial charge in [-0.25, -0.2) is 4.79 Å². The van der Waals surface area contributed by atoms with Crippen LogP contribution >= 0.6 is 0 Å². The van der Waals surface area contributed by atoms with Gasteiger partial charge >= 0.3 is 5.97 Å². The van der Waals surface area contributed by atoms with Gasteiger partial charge in [-0.05, 0) is 12.5 Å². The second-order valence-corrected chi connectivity index (χ2v) is 4.29. The van der Waals surface area contributed by atoms with Crippen LogP contribution in [0.3, 0.4) is 0 Å². The van der Waals surface area contributed by atoms with Gasteiger partial charge in [0.2, 0.25) is 5.91 Å². The molecule has 2 atom stereocenters. The summed E-state index contributed by atoms with van der Waals surface area (Å²) in [7, 11) is 0. The van der Waals surface area contributed by atoms with Crippen LogP contribution in [0, 0.1) is 0 Å². The smallest absolute Gasteiger partial charge is 0.328 e. The molecule has 6 heteroatoms. The fraction of sp³-hybridized carbons (Fsp3) is 0.429. The molecule has 0 heterocycles. The molecule has 0 fully saturated rings. The van der Waals surface area contributed by atoms with E-state index in [1.807, 2.05) is 30.3 Å². The lowest BCUT2D eigenvalue weighted by atomic mass is 10.1. The molecule has 0 radical (unpaired) electrons. The number of carbonyl (C=O) groups excluding carboxylic acids is 2. The lowest BCUT2D eigenvalue weighted by Gasteiger charge is -2.19. The van der Waals surface area contributed by atoms with Gasteiger partial charge in [0, 0.05) is 6.42 Å². The molecule has 0 aromatic heterocycles. The Morgan fingerprint density at radius 2 is 2.00 bits per heavy atom. The summed E-state index contributed by atoms with van der Waals surface area (Å²) in [6.07, 6.45) is 0.309. The first-order valence-electron chi connectivity index (χ1n) is 6.45. The van der Waals surface area contributed by atoms with Crippen molar-refractivity contribution in [2.24, 2.45) is 5.73 Å². The van der Waals surface area contributed by atoms with Crippen molar-refractivity contribution in [2.75, 3.05) is 13.2 Å². The molecule has 0 aliphatic carbocycles. The van der Waals surface area contributed by atoms with E-state index in [0.717, 1.165) is 5.56 Å². The molecule has 0 aliphatic heterocycles. The molecule has 0 aliphatic rings. The molecule has 20 heavy (non-hydrogen) atoms. The molecular weight excluding hydrogens is 260 g/mol. The Morgan fingerprint density at radius 3 is 2.55 bits per heavy atom. The Kier molecular flexibility index (Phi) is 6.69. The van der Waals surface area contributed by atoms with Crippen LogP contribution in [0.25, 0.3) is 0 Å². The molecule has 1 rings (SSSR count). The zero-order valence-corrected chi connectivity index (χ0v) is 11.4. The van der Waals surface area contributed by atoms with Crippen molar-refractivity contribution in [2.45, 2.75) is 25.4 Å². The Balaban J connectivity index is 2.75. The summed E-state index contributed by atoms with van der Waals surface area (Å²) in [5.74, 6) is -1.10. The van der Waals surface area contributed by atoms with E-state index in [1.165, 1.54) is 0 Å². The zero-order valence-electron chi connectivity index (χ0n) is 11.4. The normalized spacial score (nSPS) is 13.3. The summed E-state index contributed by atoms with van der Waals surface area (Å²) >= 11 is 0. The average Bonchev–Trinajstić information content (AvgIpc) is 2.46. The summed E-state index contributed by atoms with van der Waals surface area (Å²) in [5.41, 5.74) is 6.31. The number of hydrogen-bond acceptors (Lipinski definition) is 5. The maximum absolute atomic E-state index is 11.9. The lowest BCUT2D eigenvalue weighted by Crippen LogP contribution is -2.51. The van der Waals surface area contributed by atoms with E-state index in [1.54, 1.807) is 6.92 Å². The van der Waals surface area contributed by atoms with Gasteiger partial charge in [0.1, 0.15) is 12.1 Å². The molecular formula is C14H20N2O4. The first kappa shape index (κ1) is 16.1. The summed E-state index contributed by atoms with van der Waals surface area (Å²) in [5, 5.41) is 11.4. The molecule has 0 unspecified atom stereocenters. The number of carbonyl (C=O) groups is 2. The first-order valence-corrected chi connectivity index (χ1v) is 6.45. The lowest BCUT2D eigenvalue weighted by molar-refractivity contribution is -0.147. The van der Waals surface area contributed by atoms with Gasteiger partial charge in [-0.1, -0.05) is 30.3 Å². The van der Waals surface area contributed by atoms with Gasteiger partial charge in [0.05, 0.1) is 13.2 Å². The number of amides is 1. The van der Waals surface area contributed by atoms with Crippen molar-refractivity contribution in [3.8, 4) is 0 Å². The molecule has 4 N–H and O–H groups in total. The minimum atomic E-state index is -1.05. The van der Waals surface area contributed by atoms with Gasteiger partial charge in [-0.15, -0.1) is 0 Å². The number of hydrogen-bond donors (Lipinski definition) is 3. The average molecular weight is 280 g/mol. The molecule has 0 bridgehead atoms. The first-order chi connectivity index (χ1) is 9.58. The third-order valence-electron chi connectivity index (χ3n) is 2.70. The van der Waals surface area contributed by atoms with E-state index in [-0.39, 0.29) is 6.61 Å². The Labute approximate surface area is 117 Å². The van der Waals surface area contributed by atoms with Gasteiger partial charge in [-0.3, -0.25) is 4.79 Å². The monoisotopic (exact) mass is 280 g/mol. The second-order valence-electron chi connectivity index (χ2n) is 4.29. The molecule has 1 amide bonds. The van der Waals surface area contributed by atoms with Crippen LogP contribution in [0.2, 0.25) is 0 Å². The predicted octanol–water partition coefficient (Wildman–Crippen LogP) is -0.403. The van der Waals surface area contributed by atoms with E-state index in [4.69, 9.17) is 15.6 Å². The Bertz CT molecular complexity index is 436. The van der Waals surface area contributed by atoms with Crippen LogP contribution in [0.5, 0.6) is 0 Å². The molecule has 1 aromatic carbocycles. The van der Waals surface area contributed by atoms with Crippen LogP contribution < -0.4 is 11.1 Å². The predicted molar refractivity (Wildman–Crippen MR) is 73.8 cm³/mol. The van der Waals surface area contributed by atoms with Crippen molar-refractivity contribution in [3.05, 3.63) is 35.9 Å². The van der Waals surface area contributed by atoms with Crippen LogP contribution in [0.15, 0.2) is 30.3 Å². The Hall–Kier alpha value is -1.92. The Morgan fingerprint density at radius 1 is 1.35 bits per heavy atom. The molecule has 1 aromatic rings. The minimum Gasteiger partial charge on any atom is -0.464 e. The number of nitrogens with two attached hydrogens (primary N) is 1. The minimum absolute atomic E-state index is 0.228. The van der Waals surface area contributed by atoms with Crippen LogP contribution in [0.1, 0.15) is 12.5 Å². The number of ether oxygens (including phenoxy) is 1. The quantitative estimate of drug-likeness (QED) is 0.590. The summed E-state index contributed by atoms with van der Waals surface area (Å²) in [6, 6.07) is 7.39. The van der Waals surface area contributed by atoms with Crippen molar-refractivity contribution in [1.29, 1.82) is 0 Å². The zero-order chi connectivity index (χ0) is 15.0. The number of esters is 1. The van der Waals surface area contributed by atoms with Gasteiger partial charge in [0.25, 0.3) is 0 Å². The largest absolute Gasteiger partial charge is 0.464 e. The van der Waals surface area contributed by atoms with Crippen LogP contribution in [0.4, 0.5) is 0 Å². The van der Waals surface area contributed by atoms with Gasteiger partial charge < -0.3 is 20.9 Å². The molecule has 110 valence electrons. The number of aliphatic hydroxyl groups excluding tert-OH is 1. The van der Waals surface area contributed by atoms with Crippen LogP contribution in [-0.2, 0) is 20.7 Å². The fourth-order valence-corrected chi connectivity index (χ4v) is 1.65. The van der Waals surface area contributed by atoms with E-state index < -0.39 is 30.6 Å². The molecule has 0 saturated heterocycles. The summed E-state index contributed by atoms with van der Waals surface area (Å²) in [6.45, 7) is 1.44. The highest BCUT2D eigenvalue weighted by atomic mass is 16.5. The third kappa shape index (κ3) is 4.99. The summed E-state index contributed by atoms with van der Waals surface area (Å²) < 4.78 is 4.93. The topological polar surface area (TPSA) is 102 Å². The standard InChI is InChI=1S/C14H20N2O4/c1-2-20-14(19)12(16-13(18)11(15)9-17)8-10-6-4-3-5-7-10/h3-7,11-12,17H,2,8-9,15H2,1H3,(H,16,18)/t11-,12-/m0/s1. The highest BCUT2D eigenvalue weighted by Gasteiger charge is 2.24. The highest BCUT2D eigenvalue weighted by molar-refractivity contribution is 5.87. The molecule has 0 saturated carbocycles. The number of benzene rings is 1. The van der Waals surface area contributed by atoms with Crippen molar-refractivity contribution >= 4 is 11.9 Å². The van der Waals surface area contributed by atoms with E-state index >= 15 is 0 Å². The maximum atomic E-state index is 11.9. The fourth-order valence-electron chi connectivity index (χ4n) is 1.65. The molecule has 0 spiro atoms. The highest BCUT2D eigenvalue weighted by Crippen LogP contribution is 2.05. The number of aliphatic hydroxyl groups is 1. The van der Waals surface area contributed by atoms with Crippen LogP contribution in [-0.4, -0.2) is 42.3 Å². The van der Waals surface area contributed by atoms with E-state index in [0.29, 0.717) is 6.42 Å². The van der Waals surface area contributed by atoms with Crippen molar-refractivity contribution in [3.63, 3.8) is 0 Å². The van der Waals surface area contributed by atoms with Crippen molar-refractivity contribution in [1.82, 2.24) is 5.32 Å². The van der Waals surface area contributed by atoms with E-state index in [9.17, 15) is 9.59 Å². The third-order valence-corrected chi connectivity index (χ3v) is 2.70. The van der Waals surface area contributed by atoms with Crippen molar-refractivity contribution < 1.29 is 19.4 Å². The number of nitrogens with one attached hydrogen (secondary N) is 1. The SMILES string of the molecule is CCOC(=O)[C@H](Cc1ccccc1)NC(=O)[C@@H](N)CO. The van der Waals surface area contributed by atoms with Gasteiger partial charge in [-0.2, -0.15) is 0 Å². The number of rotatable bonds is 7.